The molecule has 2 rings (SSSR count). The van der Waals surface area contributed by atoms with Gasteiger partial charge in [0.1, 0.15) is 12.1 Å². The first-order valence-electron chi connectivity index (χ1n) is 6.20. The summed E-state index contributed by atoms with van der Waals surface area (Å²) >= 11 is 0. The summed E-state index contributed by atoms with van der Waals surface area (Å²) < 4.78 is 19.3. The molecule has 2 aromatic rings. The van der Waals surface area contributed by atoms with Gasteiger partial charge in [0.05, 0.1) is 5.69 Å². The Balaban J connectivity index is 2.16. The first-order valence-corrected chi connectivity index (χ1v) is 6.20. The maximum absolute atomic E-state index is 13.9. The molecule has 1 aromatic heterocycles. The minimum atomic E-state index is -0.504. The molecule has 0 aliphatic heterocycles. The highest BCUT2D eigenvalue weighted by molar-refractivity contribution is 5.31. The Hall–Kier alpha value is -2.01. The number of nitrogens with zero attached hydrogens (tertiary/aromatic N) is 2. The van der Waals surface area contributed by atoms with E-state index in [4.69, 9.17) is 10.5 Å². The molecule has 0 aliphatic rings. The van der Waals surface area contributed by atoms with Crippen LogP contribution in [0.1, 0.15) is 18.2 Å². The van der Waals surface area contributed by atoms with Gasteiger partial charge in [-0.2, -0.15) is 9.37 Å². The maximum Gasteiger partial charge on any atom is 0.259 e. The van der Waals surface area contributed by atoms with E-state index in [2.05, 4.69) is 9.97 Å². The minimum Gasteiger partial charge on any atom is -0.436 e. The lowest BCUT2D eigenvalue weighted by molar-refractivity contribution is 0.415. The fourth-order valence-electron chi connectivity index (χ4n) is 1.71. The molecular formula is C14H16FN3O. The Morgan fingerprint density at radius 1 is 1.21 bits per heavy atom. The van der Waals surface area contributed by atoms with Gasteiger partial charge in [-0.15, -0.1) is 0 Å². The van der Waals surface area contributed by atoms with Crippen molar-refractivity contribution in [3.05, 3.63) is 47.7 Å². The smallest absolute Gasteiger partial charge is 0.259 e. The minimum absolute atomic E-state index is 0.0431. The van der Waals surface area contributed by atoms with Crippen LogP contribution < -0.4 is 10.5 Å². The second-order valence-electron chi connectivity index (χ2n) is 4.08. The zero-order valence-corrected chi connectivity index (χ0v) is 10.8. The molecule has 2 N–H and O–H groups in total. The topological polar surface area (TPSA) is 61.0 Å². The van der Waals surface area contributed by atoms with Crippen LogP contribution in [0.5, 0.6) is 11.6 Å². The highest BCUT2D eigenvalue weighted by Crippen LogP contribution is 2.23. The molecule has 0 saturated heterocycles. The molecule has 0 bridgehead atoms. The Bertz CT molecular complexity index is 543. The van der Waals surface area contributed by atoms with E-state index in [1.54, 1.807) is 12.1 Å². The molecule has 1 heterocycles. The van der Waals surface area contributed by atoms with E-state index >= 15 is 0 Å². The number of hydrogen-bond donors (Lipinski definition) is 1. The number of rotatable bonds is 5. The van der Waals surface area contributed by atoms with E-state index in [9.17, 15) is 4.39 Å². The van der Waals surface area contributed by atoms with Crippen LogP contribution in [0.3, 0.4) is 0 Å². The third kappa shape index (κ3) is 3.26. The summed E-state index contributed by atoms with van der Waals surface area (Å²) in [7, 11) is 0. The van der Waals surface area contributed by atoms with E-state index in [0.29, 0.717) is 24.4 Å². The van der Waals surface area contributed by atoms with Crippen LogP contribution in [0.4, 0.5) is 4.39 Å². The van der Waals surface area contributed by atoms with Gasteiger partial charge in [-0.25, -0.2) is 4.98 Å². The number of halogens is 1. The van der Waals surface area contributed by atoms with Crippen molar-refractivity contribution in [1.29, 1.82) is 0 Å². The Kier molecular flexibility index (Phi) is 4.41. The monoisotopic (exact) mass is 261 g/mol. The van der Waals surface area contributed by atoms with Gasteiger partial charge in [0.2, 0.25) is 5.82 Å². The van der Waals surface area contributed by atoms with Crippen molar-refractivity contribution in [1.82, 2.24) is 9.97 Å². The van der Waals surface area contributed by atoms with Crippen LogP contribution in [-0.2, 0) is 12.8 Å². The number of ether oxygens (including phenoxy) is 1. The summed E-state index contributed by atoms with van der Waals surface area (Å²) in [5, 5.41) is 0. The highest BCUT2D eigenvalue weighted by Gasteiger charge is 2.11. The third-order valence-corrected chi connectivity index (χ3v) is 2.74. The second kappa shape index (κ2) is 6.24. The molecule has 0 fully saturated rings. The lowest BCUT2D eigenvalue weighted by Crippen LogP contribution is -2.02. The first kappa shape index (κ1) is 13.4. The predicted octanol–water partition coefficient (Wildman–Crippen LogP) is 2.47. The van der Waals surface area contributed by atoms with E-state index in [1.165, 1.54) is 6.33 Å². The molecule has 0 unspecified atom stereocenters. The molecule has 5 heteroatoms. The van der Waals surface area contributed by atoms with Crippen LogP contribution in [0, 0.1) is 5.82 Å². The highest BCUT2D eigenvalue weighted by atomic mass is 19.1. The quantitative estimate of drug-likeness (QED) is 0.898. The lowest BCUT2D eigenvalue weighted by atomic mass is 10.1. The molecular weight excluding hydrogens is 245 g/mol. The van der Waals surface area contributed by atoms with Crippen molar-refractivity contribution < 1.29 is 9.13 Å². The van der Waals surface area contributed by atoms with Crippen LogP contribution in [-0.4, -0.2) is 16.5 Å². The average molecular weight is 261 g/mol. The van der Waals surface area contributed by atoms with Crippen LogP contribution in [0.2, 0.25) is 0 Å². The Labute approximate surface area is 111 Å². The van der Waals surface area contributed by atoms with Crippen LogP contribution in [0.15, 0.2) is 30.6 Å². The van der Waals surface area contributed by atoms with Gasteiger partial charge in [-0.1, -0.05) is 19.1 Å². The van der Waals surface area contributed by atoms with Gasteiger partial charge in [0.25, 0.3) is 5.88 Å². The standard InChI is InChI=1S/C14H16FN3O/c1-2-12-13(15)14(18-9-17-12)19-11-5-3-10(4-6-11)7-8-16/h3-6,9H,2,7-8,16H2,1H3. The first-order chi connectivity index (χ1) is 9.24. The molecule has 1 aromatic carbocycles. The number of nitrogens with two attached hydrogens (primary N) is 1. The van der Waals surface area contributed by atoms with Crippen LogP contribution >= 0.6 is 0 Å². The SMILES string of the molecule is CCc1ncnc(Oc2ccc(CCN)cc2)c1F. The number of aromatic nitrogens is 2. The van der Waals surface area contributed by atoms with Crippen molar-refractivity contribution >= 4 is 0 Å². The van der Waals surface area contributed by atoms with E-state index in [-0.39, 0.29) is 5.88 Å². The molecule has 4 nitrogen and oxygen atoms in total. The Morgan fingerprint density at radius 2 is 1.95 bits per heavy atom. The summed E-state index contributed by atoms with van der Waals surface area (Å²) in [6, 6.07) is 7.36. The molecule has 19 heavy (non-hydrogen) atoms. The maximum atomic E-state index is 13.9. The number of hydrogen-bond acceptors (Lipinski definition) is 4. The van der Waals surface area contributed by atoms with E-state index in [0.717, 1.165) is 12.0 Å². The van der Waals surface area contributed by atoms with Crippen molar-refractivity contribution in [2.45, 2.75) is 19.8 Å². The average Bonchev–Trinajstić information content (AvgIpc) is 2.43. The molecule has 0 radical (unpaired) electrons. The lowest BCUT2D eigenvalue weighted by Gasteiger charge is -2.07. The molecule has 0 spiro atoms. The normalized spacial score (nSPS) is 10.5. The van der Waals surface area contributed by atoms with Gasteiger partial charge in [-0.05, 0) is 37.1 Å². The molecule has 0 aliphatic carbocycles. The predicted molar refractivity (Wildman–Crippen MR) is 70.6 cm³/mol. The van der Waals surface area contributed by atoms with Crippen molar-refractivity contribution in [2.75, 3.05) is 6.54 Å². The van der Waals surface area contributed by atoms with Gasteiger partial charge in [0.15, 0.2) is 0 Å². The molecule has 0 amide bonds. The zero-order chi connectivity index (χ0) is 13.7. The summed E-state index contributed by atoms with van der Waals surface area (Å²) in [6.45, 7) is 2.43. The van der Waals surface area contributed by atoms with Gasteiger partial charge >= 0.3 is 0 Å². The largest absolute Gasteiger partial charge is 0.436 e. The van der Waals surface area contributed by atoms with Crippen molar-refractivity contribution in [3.8, 4) is 11.6 Å². The van der Waals surface area contributed by atoms with Crippen molar-refractivity contribution in [3.63, 3.8) is 0 Å². The van der Waals surface area contributed by atoms with Crippen molar-refractivity contribution in [2.24, 2.45) is 5.73 Å². The third-order valence-electron chi connectivity index (χ3n) is 2.74. The van der Waals surface area contributed by atoms with E-state index < -0.39 is 5.82 Å². The summed E-state index contributed by atoms with van der Waals surface area (Å²) in [6.07, 6.45) is 2.61. The van der Waals surface area contributed by atoms with Crippen LogP contribution in [0.25, 0.3) is 0 Å². The summed E-state index contributed by atoms with van der Waals surface area (Å²) in [5.74, 6) is -0.00474. The molecule has 100 valence electrons. The van der Waals surface area contributed by atoms with E-state index in [1.807, 2.05) is 19.1 Å². The molecule has 0 saturated carbocycles. The zero-order valence-electron chi connectivity index (χ0n) is 10.8. The fourth-order valence-corrected chi connectivity index (χ4v) is 1.71. The Morgan fingerprint density at radius 3 is 2.58 bits per heavy atom. The summed E-state index contributed by atoms with van der Waals surface area (Å²) in [4.78, 5) is 7.67. The number of aryl methyl sites for hydroxylation is 1. The fraction of sp³-hybridized carbons (Fsp3) is 0.286. The van der Waals surface area contributed by atoms with Gasteiger partial charge in [0, 0.05) is 0 Å². The second-order valence-corrected chi connectivity index (χ2v) is 4.08. The van der Waals surface area contributed by atoms with Gasteiger partial charge < -0.3 is 10.5 Å². The number of benzene rings is 1. The molecule has 0 atom stereocenters. The van der Waals surface area contributed by atoms with Gasteiger partial charge in [-0.3, -0.25) is 0 Å². The summed E-state index contributed by atoms with van der Waals surface area (Å²) in [5.41, 5.74) is 6.95.